The molecule has 3 aromatic rings. The average Bonchev–Trinajstić information content (AvgIpc) is 2.94. The number of aliphatic hydroxyl groups excluding tert-OH is 1. The van der Waals surface area contributed by atoms with Crippen LogP contribution < -0.4 is 10.2 Å². The summed E-state index contributed by atoms with van der Waals surface area (Å²) in [6, 6.07) is 19.7. The molecule has 2 aliphatic rings. The number of para-hydroxylation sites is 1. The molecule has 1 fully saturated rings. The van der Waals surface area contributed by atoms with Gasteiger partial charge in [-0.3, -0.25) is 19.2 Å². The molecule has 1 aliphatic carbocycles. The van der Waals surface area contributed by atoms with Crippen LogP contribution in [0, 0.1) is 0 Å². The smallest absolute Gasteiger partial charge is 0.252 e. The molecule has 36 heavy (non-hydrogen) atoms. The summed E-state index contributed by atoms with van der Waals surface area (Å²) in [7, 11) is 0. The number of carbonyl (C=O) groups excluding carboxylic acids is 4. The molecule has 8 nitrogen and oxygen atoms in total. The number of hydrogen-bond donors (Lipinski definition) is 2. The third kappa shape index (κ3) is 4.27. The fraction of sp³-hybridized carbons (Fsp3) is 0.214. The van der Waals surface area contributed by atoms with Crippen molar-refractivity contribution in [3.05, 3.63) is 101 Å². The van der Waals surface area contributed by atoms with E-state index in [9.17, 15) is 24.3 Å². The second kappa shape index (κ2) is 9.75. The van der Waals surface area contributed by atoms with Crippen LogP contribution in [0.4, 0.5) is 5.69 Å². The van der Waals surface area contributed by atoms with Gasteiger partial charge in [-0.15, -0.1) is 0 Å². The number of anilines is 1. The Kier molecular flexibility index (Phi) is 6.35. The average molecular weight is 484 g/mol. The summed E-state index contributed by atoms with van der Waals surface area (Å²) in [6.07, 6.45) is 0. The Morgan fingerprint density at radius 1 is 0.778 bits per heavy atom. The maximum Gasteiger partial charge on any atom is 0.252 e. The molecule has 1 heterocycles. The zero-order chi connectivity index (χ0) is 25.2. The number of nitrogens with one attached hydrogen (secondary N) is 1. The van der Waals surface area contributed by atoms with Crippen molar-refractivity contribution in [2.45, 2.75) is 6.04 Å². The summed E-state index contributed by atoms with van der Waals surface area (Å²) in [5.74, 6) is -1.57. The van der Waals surface area contributed by atoms with E-state index in [0.717, 1.165) is 5.69 Å². The molecule has 5 rings (SSSR count). The van der Waals surface area contributed by atoms with Crippen molar-refractivity contribution in [2.24, 2.45) is 0 Å². The number of nitrogens with zero attached hydrogens (tertiary/aromatic N) is 2. The lowest BCUT2D eigenvalue weighted by atomic mass is 9.83. The summed E-state index contributed by atoms with van der Waals surface area (Å²) in [5.41, 5.74) is 2.24. The second-order valence-corrected chi connectivity index (χ2v) is 8.82. The molecular formula is C28H25N3O5. The quantitative estimate of drug-likeness (QED) is 0.449. The van der Waals surface area contributed by atoms with E-state index in [1.165, 1.54) is 18.2 Å². The predicted octanol–water partition coefficient (Wildman–Crippen LogP) is 1.90. The van der Waals surface area contributed by atoms with Crippen molar-refractivity contribution in [2.75, 3.05) is 37.7 Å². The molecular weight excluding hydrogens is 458 g/mol. The molecule has 1 saturated heterocycles. The summed E-state index contributed by atoms with van der Waals surface area (Å²) >= 11 is 0. The van der Waals surface area contributed by atoms with Crippen molar-refractivity contribution in [3.8, 4) is 0 Å². The van der Waals surface area contributed by atoms with Crippen LogP contribution in [0.2, 0.25) is 0 Å². The summed E-state index contributed by atoms with van der Waals surface area (Å²) in [5, 5.41) is 12.4. The van der Waals surface area contributed by atoms with E-state index in [1.54, 1.807) is 29.2 Å². The van der Waals surface area contributed by atoms with Crippen molar-refractivity contribution in [1.29, 1.82) is 0 Å². The van der Waals surface area contributed by atoms with Gasteiger partial charge in [-0.05, 0) is 30.3 Å². The molecule has 0 saturated carbocycles. The summed E-state index contributed by atoms with van der Waals surface area (Å²) < 4.78 is 0. The minimum absolute atomic E-state index is 0.134. The number of fused-ring (bicyclic) bond motifs is 2. The van der Waals surface area contributed by atoms with Gasteiger partial charge in [-0.2, -0.15) is 0 Å². The highest BCUT2D eigenvalue weighted by atomic mass is 16.3. The van der Waals surface area contributed by atoms with E-state index in [2.05, 4.69) is 10.2 Å². The number of hydrogen-bond acceptors (Lipinski definition) is 6. The Bertz CT molecular complexity index is 1350. The molecule has 8 heteroatoms. The van der Waals surface area contributed by atoms with E-state index in [-0.39, 0.29) is 34.2 Å². The number of carbonyl (C=O) groups is 4. The van der Waals surface area contributed by atoms with E-state index in [0.29, 0.717) is 37.3 Å². The highest BCUT2D eigenvalue weighted by Crippen LogP contribution is 2.28. The highest BCUT2D eigenvalue weighted by Gasteiger charge is 2.32. The van der Waals surface area contributed by atoms with E-state index in [1.807, 2.05) is 30.3 Å². The third-order valence-electron chi connectivity index (χ3n) is 6.69. The van der Waals surface area contributed by atoms with E-state index < -0.39 is 18.6 Å². The second-order valence-electron chi connectivity index (χ2n) is 8.82. The van der Waals surface area contributed by atoms with E-state index in [4.69, 9.17) is 0 Å². The van der Waals surface area contributed by atoms with Crippen LogP contribution in [0.15, 0.2) is 72.8 Å². The fourth-order valence-corrected chi connectivity index (χ4v) is 4.71. The minimum atomic E-state index is -1.12. The van der Waals surface area contributed by atoms with Crippen LogP contribution in [-0.4, -0.2) is 72.2 Å². The third-order valence-corrected chi connectivity index (χ3v) is 6.69. The molecule has 1 aliphatic heterocycles. The van der Waals surface area contributed by atoms with Crippen LogP contribution in [-0.2, 0) is 4.79 Å². The van der Waals surface area contributed by atoms with Crippen LogP contribution in [0.1, 0.15) is 42.2 Å². The number of benzene rings is 3. The van der Waals surface area contributed by atoms with Gasteiger partial charge in [0, 0.05) is 59.7 Å². The summed E-state index contributed by atoms with van der Waals surface area (Å²) in [6.45, 7) is 1.66. The monoisotopic (exact) mass is 483 g/mol. The Labute approximate surface area is 208 Å². The van der Waals surface area contributed by atoms with Crippen LogP contribution in [0.3, 0.4) is 0 Å². The number of piperazine rings is 1. The van der Waals surface area contributed by atoms with Crippen molar-refractivity contribution >= 4 is 29.1 Å². The first-order valence-electron chi connectivity index (χ1n) is 11.8. The molecule has 3 aromatic carbocycles. The van der Waals surface area contributed by atoms with Crippen LogP contribution in [0.25, 0.3) is 0 Å². The molecule has 0 bridgehead atoms. The molecule has 0 aromatic heterocycles. The number of ketones is 2. The van der Waals surface area contributed by atoms with Gasteiger partial charge in [0.2, 0.25) is 5.91 Å². The molecule has 2 amide bonds. The Hall–Kier alpha value is -4.30. The maximum absolute atomic E-state index is 13.0. The molecule has 0 spiro atoms. The molecule has 182 valence electrons. The first-order valence-corrected chi connectivity index (χ1v) is 11.8. The fourth-order valence-electron chi connectivity index (χ4n) is 4.71. The van der Waals surface area contributed by atoms with Gasteiger partial charge in [0.1, 0.15) is 6.04 Å². The topological polar surface area (TPSA) is 107 Å². The normalized spacial score (nSPS) is 15.7. The lowest BCUT2D eigenvalue weighted by Gasteiger charge is -2.37. The van der Waals surface area contributed by atoms with Crippen LogP contribution in [0.5, 0.6) is 0 Å². The standard InChI is InChI=1S/C28H25N3O5/c32-17-24(28(36)31-14-12-30(13-15-31)19-6-2-1-3-7-19)29-27(35)18-10-11-22-23(16-18)26(34)21-9-5-4-8-20(21)25(22)33/h1-11,16,24,32H,12-15,17H2,(H,29,35)/t24-/m0/s1. The lowest BCUT2D eigenvalue weighted by molar-refractivity contribution is -0.134. The first kappa shape index (κ1) is 23.4. The Morgan fingerprint density at radius 2 is 1.36 bits per heavy atom. The molecule has 0 radical (unpaired) electrons. The summed E-state index contributed by atoms with van der Waals surface area (Å²) in [4.78, 5) is 55.6. The first-order chi connectivity index (χ1) is 17.5. The largest absolute Gasteiger partial charge is 0.394 e. The predicted molar refractivity (Wildman–Crippen MR) is 133 cm³/mol. The van der Waals surface area contributed by atoms with Crippen molar-refractivity contribution in [3.63, 3.8) is 0 Å². The van der Waals surface area contributed by atoms with Gasteiger partial charge in [-0.1, -0.05) is 42.5 Å². The lowest BCUT2D eigenvalue weighted by Crippen LogP contribution is -2.56. The van der Waals surface area contributed by atoms with Crippen molar-refractivity contribution in [1.82, 2.24) is 10.2 Å². The van der Waals surface area contributed by atoms with Gasteiger partial charge in [-0.25, -0.2) is 0 Å². The zero-order valence-corrected chi connectivity index (χ0v) is 19.5. The number of amides is 2. The van der Waals surface area contributed by atoms with Gasteiger partial charge in [0.25, 0.3) is 5.91 Å². The SMILES string of the molecule is O=C(N[C@@H](CO)C(=O)N1CCN(c2ccccc2)CC1)c1ccc2c(c1)C(=O)c1ccccc1C2=O. The number of rotatable bonds is 5. The number of aliphatic hydroxyl groups is 1. The Morgan fingerprint density at radius 3 is 2.00 bits per heavy atom. The maximum atomic E-state index is 13.0. The van der Waals surface area contributed by atoms with E-state index >= 15 is 0 Å². The van der Waals surface area contributed by atoms with Crippen molar-refractivity contribution < 1.29 is 24.3 Å². The minimum Gasteiger partial charge on any atom is -0.394 e. The van der Waals surface area contributed by atoms with Gasteiger partial charge < -0.3 is 20.2 Å². The Balaban J connectivity index is 1.27. The highest BCUT2D eigenvalue weighted by molar-refractivity contribution is 6.28. The van der Waals surface area contributed by atoms with Crippen LogP contribution >= 0.6 is 0 Å². The molecule has 2 N–H and O–H groups in total. The van der Waals surface area contributed by atoms with Gasteiger partial charge in [0.15, 0.2) is 11.6 Å². The zero-order valence-electron chi connectivity index (χ0n) is 19.5. The molecule has 0 unspecified atom stereocenters. The van der Waals surface area contributed by atoms with Gasteiger partial charge in [0.05, 0.1) is 6.61 Å². The van der Waals surface area contributed by atoms with Gasteiger partial charge >= 0.3 is 0 Å². The molecule has 1 atom stereocenters.